The molecule has 1 atom stereocenters. The molecule has 2 N–H and O–H groups in total. The van der Waals surface area contributed by atoms with E-state index in [1.807, 2.05) is 7.05 Å². The Morgan fingerprint density at radius 2 is 2.38 bits per heavy atom. The number of hydrogen-bond donors (Lipinski definition) is 2. The van der Waals surface area contributed by atoms with Gasteiger partial charge >= 0.3 is 0 Å². The molecule has 1 saturated heterocycles. The van der Waals surface area contributed by atoms with Crippen LogP contribution in [0, 0.1) is 0 Å². The smallest absolute Gasteiger partial charge is 0.190 e. The monoisotopic (exact) mass is 201 g/mol. The molecule has 0 radical (unpaired) electrons. The summed E-state index contributed by atoms with van der Waals surface area (Å²) in [5.41, 5.74) is 0. The molecule has 0 bridgehead atoms. The van der Waals surface area contributed by atoms with Gasteiger partial charge in [-0.1, -0.05) is 0 Å². The summed E-state index contributed by atoms with van der Waals surface area (Å²) >= 11 is 2.06. The molecule has 1 unspecified atom stereocenters. The van der Waals surface area contributed by atoms with E-state index in [4.69, 9.17) is 0 Å². The lowest BCUT2D eigenvalue weighted by atomic mass is 10.1. The van der Waals surface area contributed by atoms with Gasteiger partial charge in [-0.05, 0) is 25.5 Å². The Kier molecular flexibility index (Phi) is 3.90. The van der Waals surface area contributed by atoms with E-state index in [0.717, 1.165) is 12.5 Å². The molecule has 0 amide bonds. The number of nitrogens with one attached hydrogen (secondary N) is 2. The van der Waals surface area contributed by atoms with Crippen molar-refractivity contribution in [3.05, 3.63) is 0 Å². The average Bonchev–Trinajstić information content (AvgIpc) is 2.55. The van der Waals surface area contributed by atoms with E-state index in [1.165, 1.54) is 18.6 Å². The van der Waals surface area contributed by atoms with Crippen LogP contribution in [0.25, 0.3) is 0 Å². The zero-order valence-electron chi connectivity index (χ0n) is 8.68. The third-order valence-corrected chi connectivity index (χ3v) is 3.93. The van der Waals surface area contributed by atoms with Gasteiger partial charge < -0.3 is 10.6 Å². The molecular formula is C9H19N3S. The molecule has 13 heavy (non-hydrogen) atoms. The number of thioether (sulfide) groups is 1. The first-order valence-electron chi connectivity index (χ1n) is 4.72. The molecule has 4 heteroatoms. The van der Waals surface area contributed by atoms with E-state index in [1.54, 1.807) is 7.05 Å². The quantitative estimate of drug-likeness (QED) is 0.518. The Morgan fingerprint density at radius 3 is 2.85 bits per heavy atom. The summed E-state index contributed by atoms with van der Waals surface area (Å²) < 4.78 is 0.410. The lowest BCUT2D eigenvalue weighted by molar-refractivity contribution is 0.587. The van der Waals surface area contributed by atoms with Gasteiger partial charge in [0.1, 0.15) is 0 Å². The number of guanidine groups is 1. The van der Waals surface area contributed by atoms with Crippen molar-refractivity contribution >= 4 is 17.7 Å². The second-order valence-electron chi connectivity index (χ2n) is 3.58. The van der Waals surface area contributed by atoms with Crippen molar-refractivity contribution in [2.45, 2.75) is 24.5 Å². The van der Waals surface area contributed by atoms with Crippen LogP contribution in [0.5, 0.6) is 0 Å². The number of aliphatic imine (C=N–C) groups is 1. The van der Waals surface area contributed by atoms with Crippen LogP contribution in [0.4, 0.5) is 0 Å². The standard InChI is InChI=1S/C9H19N3S/c1-9(5-4-6-13-9)7-12-8(10-2)11-3/h4-7H2,1-3H3,(H2,10,11,12). The first-order chi connectivity index (χ1) is 6.20. The lowest BCUT2D eigenvalue weighted by Gasteiger charge is -2.23. The summed E-state index contributed by atoms with van der Waals surface area (Å²) in [5.74, 6) is 2.18. The van der Waals surface area contributed by atoms with Crippen molar-refractivity contribution in [1.82, 2.24) is 10.6 Å². The molecule has 0 aromatic rings. The molecule has 1 heterocycles. The van der Waals surface area contributed by atoms with E-state index in [2.05, 4.69) is 34.3 Å². The largest absolute Gasteiger partial charge is 0.359 e. The predicted octanol–water partition coefficient (Wildman–Crippen LogP) is 1.07. The molecule has 0 aromatic heterocycles. The Bertz CT molecular complexity index is 185. The number of hydrogen-bond acceptors (Lipinski definition) is 2. The third-order valence-electron chi connectivity index (χ3n) is 2.39. The van der Waals surface area contributed by atoms with Crippen LogP contribution in [0.3, 0.4) is 0 Å². The minimum atomic E-state index is 0.410. The van der Waals surface area contributed by atoms with Gasteiger partial charge in [0, 0.05) is 25.4 Å². The molecular weight excluding hydrogens is 182 g/mol. The molecule has 1 aliphatic rings. The molecule has 0 aromatic carbocycles. The Labute approximate surface area is 84.8 Å². The van der Waals surface area contributed by atoms with Gasteiger partial charge in [-0.3, -0.25) is 4.99 Å². The molecule has 3 nitrogen and oxygen atoms in total. The summed E-state index contributed by atoms with van der Waals surface area (Å²) in [6.45, 7) is 3.33. The van der Waals surface area contributed by atoms with Crippen LogP contribution in [0.2, 0.25) is 0 Å². The molecule has 0 aliphatic carbocycles. The van der Waals surface area contributed by atoms with Gasteiger partial charge in [0.25, 0.3) is 0 Å². The summed E-state index contributed by atoms with van der Waals surface area (Å²) in [6.07, 6.45) is 2.66. The Hall–Kier alpha value is -0.380. The fourth-order valence-electron chi connectivity index (χ4n) is 1.53. The van der Waals surface area contributed by atoms with Gasteiger partial charge in [-0.15, -0.1) is 0 Å². The fourth-order valence-corrected chi connectivity index (χ4v) is 2.77. The van der Waals surface area contributed by atoms with Crippen LogP contribution in [-0.2, 0) is 0 Å². The highest BCUT2D eigenvalue weighted by Crippen LogP contribution is 2.36. The first kappa shape index (κ1) is 10.7. The highest BCUT2D eigenvalue weighted by Gasteiger charge is 2.29. The van der Waals surface area contributed by atoms with Crippen molar-refractivity contribution in [2.24, 2.45) is 4.99 Å². The van der Waals surface area contributed by atoms with Crippen molar-refractivity contribution in [3.63, 3.8) is 0 Å². The normalized spacial score (nSPS) is 29.0. The summed E-state index contributed by atoms with van der Waals surface area (Å²) in [6, 6.07) is 0. The van der Waals surface area contributed by atoms with Crippen molar-refractivity contribution in [2.75, 3.05) is 26.4 Å². The van der Waals surface area contributed by atoms with Crippen molar-refractivity contribution < 1.29 is 0 Å². The fraction of sp³-hybridized carbons (Fsp3) is 0.889. The highest BCUT2D eigenvalue weighted by molar-refractivity contribution is 8.00. The lowest BCUT2D eigenvalue weighted by Crippen LogP contribution is -2.42. The van der Waals surface area contributed by atoms with Crippen LogP contribution in [0.15, 0.2) is 4.99 Å². The topological polar surface area (TPSA) is 36.4 Å². The Balaban J connectivity index is 2.32. The van der Waals surface area contributed by atoms with Crippen molar-refractivity contribution in [1.29, 1.82) is 0 Å². The maximum absolute atomic E-state index is 4.08. The maximum atomic E-state index is 4.08. The second-order valence-corrected chi connectivity index (χ2v) is 5.26. The minimum absolute atomic E-state index is 0.410. The second kappa shape index (κ2) is 4.74. The van der Waals surface area contributed by atoms with Crippen LogP contribution in [-0.4, -0.2) is 37.1 Å². The van der Waals surface area contributed by atoms with E-state index >= 15 is 0 Å². The van der Waals surface area contributed by atoms with E-state index < -0.39 is 0 Å². The molecule has 1 aliphatic heterocycles. The zero-order chi connectivity index (χ0) is 9.73. The van der Waals surface area contributed by atoms with Gasteiger partial charge in [0.15, 0.2) is 5.96 Å². The molecule has 76 valence electrons. The van der Waals surface area contributed by atoms with Gasteiger partial charge in [0.2, 0.25) is 0 Å². The zero-order valence-corrected chi connectivity index (χ0v) is 9.50. The van der Waals surface area contributed by atoms with Gasteiger partial charge in [-0.2, -0.15) is 11.8 Å². The number of rotatable bonds is 2. The van der Waals surface area contributed by atoms with Crippen LogP contribution < -0.4 is 10.6 Å². The van der Waals surface area contributed by atoms with Crippen LogP contribution in [0.1, 0.15) is 19.8 Å². The Morgan fingerprint density at radius 1 is 1.62 bits per heavy atom. The van der Waals surface area contributed by atoms with Crippen LogP contribution >= 0.6 is 11.8 Å². The third kappa shape index (κ3) is 3.10. The van der Waals surface area contributed by atoms with Gasteiger partial charge in [-0.25, -0.2) is 0 Å². The summed E-state index contributed by atoms with van der Waals surface area (Å²) in [4.78, 5) is 4.08. The SMILES string of the molecule is CN=C(NC)NCC1(C)CCCS1. The summed E-state index contributed by atoms with van der Waals surface area (Å²) in [5, 5.41) is 6.34. The van der Waals surface area contributed by atoms with E-state index in [-0.39, 0.29) is 0 Å². The molecule has 1 fully saturated rings. The predicted molar refractivity (Wildman–Crippen MR) is 60.5 cm³/mol. The average molecular weight is 201 g/mol. The van der Waals surface area contributed by atoms with Gasteiger partial charge in [0.05, 0.1) is 0 Å². The minimum Gasteiger partial charge on any atom is -0.359 e. The van der Waals surface area contributed by atoms with Crippen molar-refractivity contribution in [3.8, 4) is 0 Å². The first-order valence-corrected chi connectivity index (χ1v) is 5.71. The highest BCUT2D eigenvalue weighted by atomic mass is 32.2. The summed E-state index contributed by atoms with van der Waals surface area (Å²) in [7, 11) is 3.68. The molecule has 1 rings (SSSR count). The van der Waals surface area contributed by atoms with E-state index in [9.17, 15) is 0 Å². The van der Waals surface area contributed by atoms with E-state index in [0.29, 0.717) is 4.75 Å². The molecule has 0 saturated carbocycles. The maximum Gasteiger partial charge on any atom is 0.190 e. The number of nitrogens with zero attached hydrogens (tertiary/aromatic N) is 1. The molecule has 0 spiro atoms.